The Bertz CT molecular complexity index is 1290. The Kier molecular flexibility index (Phi) is 4.22. The number of aromatic carboxylic acids is 2. The maximum atomic E-state index is 11.8. The number of carboxylic acids is 2. The SMILES string of the molecule is O=C(O)c1ccc(C2(c3cccc(C(=O)O)c3)c3ccccc3-c3ccccc32)cc1. The first-order valence-electron chi connectivity index (χ1n) is 9.90. The molecule has 4 nitrogen and oxygen atoms in total. The third-order valence-corrected chi connectivity index (χ3v) is 6.06. The number of carboxylic acid groups (broad SMARTS) is 2. The van der Waals surface area contributed by atoms with Gasteiger partial charge in [0.2, 0.25) is 0 Å². The summed E-state index contributed by atoms with van der Waals surface area (Å²) in [5.74, 6) is -1.97. The quantitative estimate of drug-likeness (QED) is 0.416. The van der Waals surface area contributed by atoms with Crippen LogP contribution >= 0.6 is 0 Å². The van der Waals surface area contributed by atoms with Crippen LogP contribution in [-0.2, 0) is 5.41 Å². The van der Waals surface area contributed by atoms with Gasteiger partial charge in [0.05, 0.1) is 16.5 Å². The molecule has 0 spiro atoms. The van der Waals surface area contributed by atoms with E-state index >= 15 is 0 Å². The molecule has 1 aliphatic carbocycles. The van der Waals surface area contributed by atoms with Crippen LogP contribution in [0.2, 0.25) is 0 Å². The molecule has 0 heterocycles. The lowest BCUT2D eigenvalue weighted by Gasteiger charge is -2.34. The molecule has 0 atom stereocenters. The summed E-state index contributed by atoms with van der Waals surface area (Å²) in [6.07, 6.45) is 0. The van der Waals surface area contributed by atoms with E-state index in [9.17, 15) is 19.8 Å². The Labute approximate surface area is 179 Å². The van der Waals surface area contributed by atoms with Gasteiger partial charge in [-0.15, -0.1) is 0 Å². The van der Waals surface area contributed by atoms with Crippen molar-refractivity contribution >= 4 is 11.9 Å². The molecule has 4 heteroatoms. The van der Waals surface area contributed by atoms with Crippen LogP contribution in [0.1, 0.15) is 43.0 Å². The molecule has 0 saturated carbocycles. The Hall–Kier alpha value is -4.18. The van der Waals surface area contributed by atoms with Crippen LogP contribution < -0.4 is 0 Å². The molecule has 0 bridgehead atoms. The molecule has 5 rings (SSSR count). The van der Waals surface area contributed by atoms with Crippen molar-refractivity contribution in [1.82, 2.24) is 0 Å². The lowest BCUT2D eigenvalue weighted by atomic mass is 9.67. The van der Waals surface area contributed by atoms with Crippen molar-refractivity contribution in [1.29, 1.82) is 0 Å². The molecule has 0 aromatic heterocycles. The fourth-order valence-corrected chi connectivity index (χ4v) is 4.77. The van der Waals surface area contributed by atoms with Gasteiger partial charge in [-0.05, 0) is 57.6 Å². The molecule has 150 valence electrons. The van der Waals surface area contributed by atoms with Crippen molar-refractivity contribution in [2.75, 3.05) is 0 Å². The van der Waals surface area contributed by atoms with Crippen molar-refractivity contribution in [2.24, 2.45) is 0 Å². The van der Waals surface area contributed by atoms with E-state index in [1.54, 1.807) is 30.3 Å². The summed E-state index contributed by atoms with van der Waals surface area (Å²) >= 11 is 0. The van der Waals surface area contributed by atoms with Gasteiger partial charge in [-0.1, -0.05) is 72.8 Å². The molecule has 4 aromatic rings. The molecule has 4 aromatic carbocycles. The summed E-state index contributed by atoms with van der Waals surface area (Å²) in [6, 6.07) is 30.1. The van der Waals surface area contributed by atoms with Crippen LogP contribution in [0.25, 0.3) is 11.1 Å². The van der Waals surface area contributed by atoms with Gasteiger partial charge in [0.15, 0.2) is 0 Å². The second kappa shape index (κ2) is 6.96. The van der Waals surface area contributed by atoms with Gasteiger partial charge in [-0.25, -0.2) is 9.59 Å². The molecule has 1 aliphatic rings. The lowest BCUT2D eigenvalue weighted by Crippen LogP contribution is -2.29. The lowest BCUT2D eigenvalue weighted by molar-refractivity contribution is 0.0686. The highest BCUT2D eigenvalue weighted by Gasteiger charge is 2.46. The van der Waals surface area contributed by atoms with E-state index in [1.165, 1.54) is 0 Å². The molecular weight excluding hydrogens is 388 g/mol. The summed E-state index contributed by atoms with van der Waals surface area (Å²) in [5, 5.41) is 19.0. The number of fused-ring (bicyclic) bond motifs is 3. The number of benzene rings is 4. The molecule has 2 N–H and O–H groups in total. The standard InChI is InChI=1S/C27H18O4/c28-25(29)17-12-14-19(15-13-17)27(20-7-5-6-18(16-20)26(30)31)23-10-3-1-8-21(23)22-9-2-4-11-24(22)27/h1-16H,(H,28,29)(H,30,31). The zero-order chi connectivity index (χ0) is 21.6. The normalized spacial score (nSPS) is 13.3. The van der Waals surface area contributed by atoms with Gasteiger partial charge in [0.1, 0.15) is 0 Å². The first-order chi connectivity index (χ1) is 15.0. The molecular formula is C27H18O4. The van der Waals surface area contributed by atoms with E-state index in [0.29, 0.717) is 0 Å². The highest BCUT2D eigenvalue weighted by atomic mass is 16.4. The highest BCUT2D eigenvalue weighted by molar-refractivity contribution is 5.91. The molecule has 0 saturated heterocycles. The van der Waals surface area contributed by atoms with E-state index in [4.69, 9.17) is 0 Å². The summed E-state index contributed by atoms with van der Waals surface area (Å²) in [6.45, 7) is 0. The third-order valence-electron chi connectivity index (χ3n) is 6.06. The van der Waals surface area contributed by atoms with E-state index in [0.717, 1.165) is 33.4 Å². The summed E-state index contributed by atoms with van der Waals surface area (Å²) in [5.41, 5.74) is 5.63. The van der Waals surface area contributed by atoms with E-state index < -0.39 is 17.4 Å². The van der Waals surface area contributed by atoms with Gasteiger partial charge in [0.25, 0.3) is 0 Å². The summed E-state index contributed by atoms with van der Waals surface area (Å²) < 4.78 is 0. The molecule has 0 aliphatic heterocycles. The third kappa shape index (κ3) is 2.69. The predicted molar refractivity (Wildman–Crippen MR) is 118 cm³/mol. The van der Waals surface area contributed by atoms with Crippen LogP contribution in [0, 0.1) is 0 Å². The minimum absolute atomic E-state index is 0.206. The van der Waals surface area contributed by atoms with Gasteiger partial charge in [-0.2, -0.15) is 0 Å². The van der Waals surface area contributed by atoms with Crippen LogP contribution in [0.3, 0.4) is 0 Å². The zero-order valence-corrected chi connectivity index (χ0v) is 16.4. The van der Waals surface area contributed by atoms with E-state index in [-0.39, 0.29) is 11.1 Å². The second-order valence-corrected chi connectivity index (χ2v) is 7.61. The average Bonchev–Trinajstić information content (AvgIpc) is 3.11. The van der Waals surface area contributed by atoms with Crippen LogP contribution in [0.15, 0.2) is 97.1 Å². The van der Waals surface area contributed by atoms with Gasteiger partial charge < -0.3 is 10.2 Å². The monoisotopic (exact) mass is 406 g/mol. The summed E-state index contributed by atoms with van der Waals surface area (Å²) in [4.78, 5) is 23.2. The predicted octanol–water partition coefficient (Wildman–Crippen LogP) is 5.45. The Morgan fingerprint density at radius 2 is 1.10 bits per heavy atom. The number of rotatable bonds is 4. The molecule has 0 fully saturated rings. The van der Waals surface area contributed by atoms with Gasteiger partial charge >= 0.3 is 11.9 Å². The van der Waals surface area contributed by atoms with Crippen molar-refractivity contribution in [3.05, 3.63) is 130 Å². The number of hydrogen-bond acceptors (Lipinski definition) is 2. The van der Waals surface area contributed by atoms with Gasteiger partial charge in [-0.3, -0.25) is 0 Å². The first kappa shape index (κ1) is 18.8. The maximum absolute atomic E-state index is 11.8. The minimum atomic E-state index is -0.988. The minimum Gasteiger partial charge on any atom is -0.478 e. The topological polar surface area (TPSA) is 74.6 Å². The zero-order valence-electron chi connectivity index (χ0n) is 16.4. The van der Waals surface area contributed by atoms with Crippen molar-refractivity contribution in [3.8, 4) is 11.1 Å². The van der Waals surface area contributed by atoms with Crippen molar-refractivity contribution in [3.63, 3.8) is 0 Å². The smallest absolute Gasteiger partial charge is 0.335 e. The maximum Gasteiger partial charge on any atom is 0.335 e. The van der Waals surface area contributed by atoms with E-state index in [2.05, 4.69) is 24.3 Å². The molecule has 31 heavy (non-hydrogen) atoms. The second-order valence-electron chi connectivity index (χ2n) is 7.61. The van der Waals surface area contributed by atoms with Crippen LogP contribution in [-0.4, -0.2) is 22.2 Å². The Morgan fingerprint density at radius 3 is 1.65 bits per heavy atom. The molecule has 0 radical (unpaired) electrons. The largest absolute Gasteiger partial charge is 0.478 e. The molecule has 0 amide bonds. The van der Waals surface area contributed by atoms with Crippen LogP contribution in [0.5, 0.6) is 0 Å². The Morgan fingerprint density at radius 1 is 0.548 bits per heavy atom. The van der Waals surface area contributed by atoms with Crippen LogP contribution in [0.4, 0.5) is 0 Å². The number of carbonyl (C=O) groups is 2. The average molecular weight is 406 g/mol. The fourth-order valence-electron chi connectivity index (χ4n) is 4.77. The Balaban J connectivity index is 1.91. The number of hydrogen-bond donors (Lipinski definition) is 2. The van der Waals surface area contributed by atoms with E-state index in [1.807, 2.05) is 42.5 Å². The van der Waals surface area contributed by atoms with Gasteiger partial charge in [0, 0.05) is 0 Å². The fraction of sp³-hybridized carbons (Fsp3) is 0.0370. The van der Waals surface area contributed by atoms with Crippen molar-refractivity contribution in [2.45, 2.75) is 5.41 Å². The summed E-state index contributed by atoms with van der Waals surface area (Å²) in [7, 11) is 0. The highest BCUT2D eigenvalue weighted by Crippen LogP contribution is 2.55. The molecule has 0 unspecified atom stereocenters. The first-order valence-corrected chi connectivity index (χ1v) is 9.90. The van der Waals surface area contributed by atoms with Crippen molar-refractivity contribution < 1.29 is 19.8 Å².